The fourth-order valence-corrected chi connectivity index (χ4v) is 3.85. The first-order valence-corrected chi connectivity index (χ1v) is 13.3. The molecule has 0 heterocycles. The van der Waals surface area contributed by atoms with Crippen LogP contribution < -0.4 is 9.47 Å². The summed E-state index contributed by atoms with van der Waals surface area (Å²) in [6.45, 7) is 6.56. The van der Waals surface area contributed by atoms with Gasteiger partial charge in [-0.1, -0.05) is 62.7 Å². The van der Waals surface area contributed by atoms with E-state index < -0.39 is 5.97 Å². The van der Waals surface area contributed by atoms with Crippen LogP contribution in [-0.2, 0) is 16.0 Å². The van der Waals surface area contributed by atoms with Crippen LogP contribution in [0.15, 0.2) is 85.5 Å². The zero-order chi connectivity index (χ0) is 27.0. The average Bonchev–Trinajstić information content (AvgIpc) is 2.95. The van der Waals surface area contributed by atoms with E-state index in [-0.39, 0.29) is 5.97 Å². The van der Waals surface area contributed by atoms with E-state index in [9.17, 15) is 9.59 Å². The third kappa shape index (κ3) is 9.89. The summed E-state index contributed by atoms with van der Waals surface area (Å²) in [5.41, 5.74) is 3.98. The Morgan fingerprint density at radius 2 is 1.37 bits per heavy atom. The van der Waals surface area contributed by atoms with Gasteiger partial charge in [-0.05, 0) is 91.6 Å². The van der Waals surface area contributed by atoms with Gasteiger partial charge in [0.15, 0.2) is 0 Å². The summed E-state index contributed by atoms with van der Waals surface area (Å²) in [6.07, 6.45) is 10.5. The molecule has 3 aromatic carbocycles. The average molecular weight is 514 g/mol. The van der Waals surface area contributed by atoms with Gasteiger partial charge in [-0.15, -0.1) is 0 Å². The Kier molecular flexibility index (Phi) is 12.1. The second-order valence-corrected chi connectivity index (χ2v) is 9.05. The zero-order valence-electron chi connectivity index (χ0n) is 22.2. The molecule has 0 unspecified atom stereocenters. The maximum Gasteiger partial charge on any atom is 0.343 e. The SMILES string of the molecule is C=CC(=O)OCCCCCCOc1ccc(C(=O)Oc2ccc(-c3ccc(C[CH]CCC)cc3)cc2)cc1. The predicted octanol–water partition coefficient (Wildman–Crippen LogP) is 7.79. The number of benzene rings is 3. The van der Waals surface area contributed by atoms with Crippen LogP contribution in [0.4, 0.5) is 0 Å². The molecule has 38 heavy (non-hydrogen) atoms. The van der Waals surface area contributed by atoms with Gasteiger partial charge in [-0.2, -0.15) is 0 Å². The molecule has 0 aromatic heterocycles. The second kappa shape index (κ2) is 16.1. The smallest absolute Gasteiger partial charge is 0.343 e. The Morgan fingerprint density at radius 1 is 0.763 bits per heavy atom. The molecule has 0 N–H and O–H groups in total. The third-order valence-corrected chi connectivity index (χ3v) is 6.03. The predicted molar refractivity (Wildman–Crippen MR) is 151 cm³/mol. The van der Waals surface area contributed by atoms with Crippen LogP contribution in [0.1, 0.15) is 61.4 Å². The molecular formula is C33H37O5. The van der Waals surface area contributed by atoms with Crippen LogP contribution in [0.3, 0.4) is 0 Å². The van der Waals surface area contributed by atoms with Crippen molar-refractivity contribution in [2.45, 2.75) is 51.9 Å². The highest BCUT2D eigenvalue weighted by Gasteiger charge is 2.09. The number of carbonyl (C=O) groups excluding carboxylic acids is 2. The lowest BCUT2D eigenvalue weighted by atomic mass is 10.0. The van der Waals surface area contributed by atoms with Gasteiger partial charge in [0.2, 0.25) is 0 Å². The highest BCUT2D eigenvalue weighted by molar-refractivity contribution is 5.91. The summed E-state index contributed by atoms with van der Waals surface area (Å²) in [6, 6.07) is 23.1. The van der Waals surface area contributed by atoms with Crippen molar-refractivity contribution in [1.82, 2.24) is 0 Å². The van der Waals surface area contributed by atoms with Gasteiger partial charge in [0.1, 0.15) is 11.5 Å². The molecule has 0 fully saturated rings. The molecule has 0 spiro atoms. The first-order valence-electron chi connectivity index (χ1n) is 13.3. The van der Waals surface area contributed by atoms with Crippen LogP contribution in [0.25, 0.3) is 11.1 Å². The summed E-state index contributed by atoms with van der Waals surface area (Å²) in [5.74, 6) is 0.422. The van der Waals surface area contributed by atoms with Crippen molar-refractivity contribution in [3.8, 4) is 22.6 Å². The highest BCUT2D eigenvalue weighted by Crippen LogP contribution is 2.24. The number of carbonyl (C=O) groups is 2. The van der Waals surface area contributed by atoms with Gasteiger partial charge in [0, 0.05) is 6.08 Å². The maximum atomic E-state index is 12.6. The molecule has 0 amide bonds. The van der Waals surface area contributed by atoms with E-state index in [0.29, 0.717) is 30.3 Å². The fraction of sp³-hybridized carbons (Fsp3) is 0.303. The molecule has 5 heteroatoms. The highest BCUT2D eigenvalue weighted by atomic mass is 16.5. The number of unbranched alkanes of at least 4 members (excludes halogenated alkanes) is 5. The Balaban J connectivity index is 1.39. The third-order valence-electron chi connectivity index (χ3n) is 6.03. The van der Waals surface area contributed by atoms with E-state index in [0.717, 1.165) is 49.7 Å². The standard InChI is InChI=1S/C33H37O5/c1-3-5-8-11-26-12-14-27(15-13-26)28-16-22-31(23-17-28)38-33(35)29-18-20-30(21-19-29)36-24-9-6-7-10-25-37-32(34)4-2/h4,8,12-23H,2-3,5-7,9-11,24-25H2,1H3. The molecular weight excluding hydrogens is 476 g/mol. The van der Waals surface area contributed by atoms with Crippen molar-refractivity contribution in [3.63, 3.8) is 0 Å². The molecule has 3 rings (SSSR count). The van der Waals surface area contributed by atoms with Crippen molar-refractivity contribution in [2.75, 3.05) is 13.2 Å². The molecule has 0 atom stereocenters. The molecule has 0 saturated heterocycles. The second-order valence-electron chi connectivity index (χ2n) is 9.05. The molecule has 5 nitrogen and oxygen atoms in total. The molecule has 0 bridgehead atoms. The lowest BCUT2D eigenvalue weighted by molar-refractivity contribution is -0.137. The summed E-state index contributed by atoms with van der Waals surface area (Å²) >= 11 is 0. The van der Waals surface area contributed by atoms with Crippen LogP contribution in [0.5, 0.6) is 11.5 Å². The van der Waals surface area contributed by atoms with Crippen LogP contribution >= 0.6 is 0 Å². The number of esters is 2. The van der Waals surface area contributed by atoms with Crippen LogP contribution in [0, 0.1) is 6.42 Å². The first kappa shape index (κ1) is 28.7. The summed E-state index contributed by atoms with van der Waals surface area (Å²) < 4.78 is 16.3. The quantitative estimate of drug-likeness (QED) is 0.0847. The van der Waals surface area contributed by atoms with Crippen LogP contribution in [0.2, 0.25) is 0 Å². The Bertz CT molecular complexity index is 1130. The fourth-order valence-electron chi connectivity index (χ4n) is 3.85. The van der Waals surface area contributed by atoms with Crippen LogP contribution in [-0.4, -0.2) is 25.2 Å². The number of rotatable bonds is 16. The van der Waals surface area contributed by atoms with Gasteiger partial charge in [-0.25, -0.2) is 9.59 Å². The summed E-state index contributed by atoms with van der Waals surface area (Å²) in [4.78, 5) is 23.5. The van der Waals surface area contributed by atoms with E-state index in [1.807, 2.05) is 24.3 Å². The first-order chi connectivity index (χ1) is 18.6. The number of hydrogen-bond acceptors (Lipinski definition) is 5. The van der Waals surface area contributed by atoms with Gasteiger partial charge < -0.3 is 14.2 Å². The molecule has 199 valence electrons. The van der Waals surface area contributed by atoms with Gasteiger partial charge >= 0.3 is 11.9 Å². The Hall–Kier alpha value is -3.86. The molecule has 3 aromatic rings. The minimum Gasteiger partial charge on any atom is -0.494 e. The monoisotopic (exact) mass is 513 g/mol. The van der Waals surface area contributed by atoms with E-state index in [1.165, 1.54) is 18.1 Å². The van der Waals surface area contributed by atoms with Crippen molar-refractivity contribution in [1.29, 1.82) is 0 Å². The largest absolute Gasteiger partial charge is 0.494 e. The van der Waals surface area contributed by atoms with E-state index in [2.05, 4.69) is 44.2 Å². The molecule has 0 aliphatic heterocycles. The van der Waals surface area contributed by atoms with Gasteiger partial charge in [0.25, 0.3) is 0 Å². The number of hydrogen-bond donors (Lipinski definition) is 0. The lowest BCUT2D eigenvalue weighted by Gasteiger charge is -2.09. The summed E-state index contributed by atoms with van der Waals surface area (Å²) in [5, 5.41) is 0. The summed E-state index contributed by atoms with van der Waals surface area (Å²) in [7, 11) is 0. The van der Waals surface area contributed by atoms with Crippen molar-refractivity contribution < 1.29 is 23.8 Å². The van der Waals surface area contributed by atoms with Gasteiger partial charge in [-0.3, -0.25) is 0 Å². The molecule has 1 radical (unpaired) electrons. The van der Waals surface area contributed by atoms with E-state index >= 15 is 0 Å². The van der Waals surface area contributed by atoms with E-state index in [1.54, 1.807) is 24.3 Å². The van der Waals surface area contributed by atoms with Crippen molar-refractivity contribution in [3.05, 3.63) is 103 Å². The van der Waals surface area contributed by atoms with Crippen molar-refractivity contribution >= 4 is 11.9 Å². The molecule has 0 aliphatic carbocycles. The van der Waals surface area contributed by atoms with Gasteiger partial charge in [0.05, 0.1) is 18.8 Å². The molecule has 0 saturated carbocycles. The van der Waals surface area contributed by atoms with Crippen molar-refractivity contribution in [2.24, 2.45) is 0 Å². The number of ether oxygens (including phenoxy) is 3. The zero-order valence-corrected chi connectivity index (χ0v) is 22.2. The molecule has 0 aliphatic rings. The minimum atomic E-state index is -0.408. The normalized spacial score (nSPS) is 10.6. The Labute approximate surface area is 226 Å². The minimum absolute atomic E-state index is 0.382. The van der Waals surface area contributed by atoms with E-state index in [4.69, 9.17) is 14.2 Å². The lowest BCUT2D eigenvalue weighted by Crippen LogP contribution is -2.08. The topological polar surface area (TPSA) is 61.8 Å². The maximum absolute atomic E-state index is 12.6. The Morgan fingerprint density at radius 3 is 2.00 bits per heavy atom.